The number of piperidine rings is 1. The van der Waals surface area contributed by atoms with Gasteiger partial charge in [0, 0.05) is 13.1 Å². The molecule has 116 valence electrons. The van der Waals surface area contributed by atoms with Crippen LogP contribution in [0, 0.1) is 17.8 Å². The van der Waals surface area contributed by atoms with Crippen molar-refractivity contribution in [3.05, 3.63) is 28.2 Å². The number of alkyl halides is 2. The van der Waals surface area contributed by atoms with Crippen LogP contribution in [0.4, 0.5) is 8.78 Å². The highest BCUT2D eigenvalue weighted by Gasteiger charge is 2.52. The van der Waals surface area contributed by atoms with E-state index in [1.54, 1.807) is 6.07 Å². The molecule has 3 rings (SSSR count). The van der Waals surface area contributed by atoms with Crippen molar-refractivity contribution < 1.29 is 13.5 Å². The lowest BCUT2D eigenvalue weighted by Gasteiger charge is -2.18. The predicted molar refractivity (Wildman–Crippen MR) is 80.4 cm³/mol. The fourth-order valence-corrected chi connectivity index (χ4v) is 3.91. The fraction of sp³-hybridized carbons (Fsp3) is 0.600. The van der Waals surface area contributed by atoms with Gasteiger partial charge in [0.1, 0.15) is 5.75 Å². The summed E-state index contributed by atoms with van der Waals surface area (Å²) in [6, 6.07) is 5.28. The van der Waals surface area contributed by atoms with Crippen molar-refractivity contribution >= 4 is 15.9 Å². The summed E-state index contributed by atoms with van der Waals surface area (Å²) in [5.41, 5.74) is 1.09. The van der Waals surface area contributed by atoms with Crippen LogP contribution >= 0.6 is 15.9 Å². The molecule has 3 atom stereocenters. The molecule has 1 aromatic carbocycles. The van der Waals surface area contributed by atoms with Gasteiger partial charge in [0.05, 0.1) is 4.47 Å². The number of hydrogen-bond acceptors (Lipinski definition) is 3. The average molecular weight is 361 g/mol. The Balaban J connectivity index is 1.53. The van der Waals surface area contributed by atoms with Crippen molar-refractivity contribution in [1.82, 2.24) is 10.2 Å². The van der Waals surface area contributed by atoms with Gasteiger partial charge < -0.3 is 15.0 Å². The second-order valence-corrected chi connectivity index (χ2v) is 6.84. The van der Waals surface area contributed by atoms with Crippen LogP contribution in [-0.2, 0) is 6.54 Å². The van der Waals surface area contributed by atoms with E-state index in [1.807, 2.05) is 12.1 Å². The molecule has 1 aliphatic heterocycles. The summed E-state index contributed by atoms with van der Waals surface area (Å²) in [5.74, 6) is 2.72. The molecule has 1 aliphatic carbocycles. The fourth-order valence-electron chi connectivity index (χ4n) is 3.39. The van der Waals surface area contributed by atoms with Crippen LogP contribution in [0.25, 0.3) is 0 Å². The van der Waals surface area contributed by atoms with E-state index in [9.17, 15) is 8.78 Å². The number of rotatable bonds is 6. The van der Waals surface area contributed by atoms with Crippen LogP contribution in [0.3, 0.4) is 0 Å². The maximum atomic E-state index is 12.2. The summed E-state index contributed by atoms with van der Waals surface area (Å²) >= 11 is 3.28. The molecule has 0 spiro atoms. The van der Waals surface area contributed by atoms with Gasteiger partial charge in [-0.15, -0.1) is 0 Å². The van der Waals surface area contributed by atoms with Crippen molar-refractivity contribution in [2.45, 2.75) is 13.2 Å². The summed E-state index contributed by atoms with van der Waals surface area (Å²) in [5, 5.41) is 3.40. The van der Waals surface area contributed by atoms with Crippen LogP contribution in [-0.4, -0.2) is 38.2 Å². The van der Waals surface area contributed by atoms with Crippen LogP contribution in [0.15, 0.2) is 22.7 Å². The Kier molecular flexibility index (Phi) is 4.47. The zero-order chi connectivity index (χ0) is 15.0. The maximum Gasteiger partial charge on any atom is 0.387 e. The molecule has 1 heterocycles. The molecule has 6 heteroatoms. The molecule has 21 heavy (non-hydrogen) atoms. The highest BCUT2D eigenvalue weighted by atomic mass is 79.9. The maximum absolute atomic E-state index is 12.2. The van der Waals surface area contributed by atoms with Crippen molar-refractivity contribution in [2.75, 3.05) is 26.7 Å². The quantitative estimate of drug-likeness (QED) is 0.843. The first-order valence-electron chi connectivity index (χ1n) is 7.17. The highest BCUT2D eigenvalue weighted by Crippen LogP contribution is 2.48. The molecular weight excluding hydrogens is 342 g/mol. The van der Waals surface area contributed by atoms with Gasteiger partial charge in [0.2, 0.25) is 0 Å². The normalized spacial score (nSPS) is 27.2. The highest BCUT2D eigenvalue weighted by molar-refractivity contribution is 9.10. The van der Waals surface area contributed by atoms with E-state index in [2.05, 4.69) is 37.9 Å². The lowest BCUT2D eigenvalue weighted by atomic mass is 10.2. The van der Waals surface area contributed by atoms with Gasteiger partial charge in [0.25, 0.3) is 0 Å². The number of benzene rings is 1. The molecule has 1 aromatic rings. The zero-order valence-corrected chi connectivity index (χ0v) is 13.4. The topological polar surface area (TPSA) is 24.5 Å². The Morgan fingerprint density at radius 2 is 2.10 bits per heavy atom. The molecule has 1 unspecified atom stereocenters. The number of hydrogen-bond donors (Lipinski definition) is 1. The lowest BCUT2D eigenvalue weighted by Crippen LogP contribution is -2.25. The van der Waals surface area contributed by atoms with Crippen molar-refractivity contribution in [3.8, 4) is 5.75 Å². The van der Waals surface area contributed by atoms with Gasteiger partial charge in [-0.1, -0.05) is 6.07 Å². The van der Waals surface area contributed by atoms with Crippen LogP contribution < -0.4 is 10.1 Å². The summed E-state index contributed by atoms with van der Waals surface area (Å²) in [4.78, 5) is 2.30. The standard InChI is InChI=1S/C15H19BrF2N2O/c1-20(8-12-10-5-19-6-11(10)12)7-9-2-3-14(13(16)4-9)21-15(17)18/h2-4,10-12,15,19H,5-8H2,1H3/t10-,11+,12?. The average Bonchev–Trinajstić information content (AvgIpc) is 2.85. The Hall–Kier alpha value is -0.720. The molecule has 3 nitrogen and oxygen atoms in total. The minimum Gasteiger partial charge on any atom is -0.434 e. The SMILES string of the molecule is CN(Cc1ccc(OC(F)F)c(Br)c1)CC1[C@H]2CNC[C@@H]12. The minimum atomic E-state index is -2.79. The first-order chi connectivity index (χ1) is 10.0. The van der Waals surface area contributed by atoms with E-state index >= 15 is 0 Å². The van der Waals surface area contributed by atoms with E-state index in [1.165, 1.54) is 0 Å². The molecular formula is C15H19BrF2N2O. The van der Waals surface area contributed by atoms with Gasteiger partial charge in [-0.2, -0.15) is 8.78 Å². The third-order valence-electron chi connectivity index (χ3n) is 4.46. The van der Waals surface area contributed by atoms with Gasteiger partial charge in [-0.3, -0.25) is 0 Å². The van der Waals surface area contributed by atoms with E-state index < -0.39 is 6.61 Å². The molecule has 2 fully saturated rings. The monoisotopic (exact) mass is 360 g/mol. The molecule has 0 radical (unpaired) electrons. The predicted octanol–water partition coefficient (Wildman–Crippen LogP) is 2.95. The number of halogens is 3. The first kappa shape index (κ1) is 15.2. The third kappa shape index (κ3) is 3.55. The van der Waals surface area contributed by atoms with Gasteiger partial charge in [-0.05, 0) is 71.5 Å². The smallest absolute Gasteiger partial charge is 0.387 e. The number of nitrogens with zero attached hydrogens (tertiary/aromatic N) is 1. The summed E-state index contributed by atoms with van der Waals surface area (Å²) < 4.78 is 29.4. The van der Waals surface area contributed by atoms with Crippen molar-refractivity contribution in [1.29, 1.82) is 0 Å². The summed E-state index contributed by atoms with van der Waals surface area (Å²) in [6.07, 6.45) is 0. The van der Waals surface area contributed by atoms with Crippen molar-refractivity contribution in [3.63, 3.8) is 0 Å². The van der Waals surface area contributed by atoms with Crippen LogP contribution in [0.1, 0.15) is 5.56 Å². The second-order valence-electron chi connectivity index (χ2n) is 5.99. The molecule has 1 N–H and O–H groups in total. The molecule has 0 aromatic heterocycles. The van der Waals surface area contributed by atoms with E-state index in [0.29, 0.717) is 4.47 Å². The van der Waals surface area contributed by atoms with E-state index in [4.69, 9.17) is 0 Å². The lowest BCUT2D eigenvalue weighted by molar-refractivity contribution is -0.0503. The Bertz CT molecular complexity index is 504. The van der Waals surface area contributed by atoms with Gasteiger partial charge >= 0.3 is 6.61 Å². The van der Waals surface area contributed by atoms with E-state index in [-0.39, 0.29) is 5.75 Å². The largest absolute Gasteiger partial charge is 0.434 e. The molecule has 1 saturated heterocycles. The molecule has 0 amide bonds. The van der Waals surface area contributed by atoms with Gasteiger partial charge in [0.15, 0.2) is 0 Å². The summed E-state index contributed by atoms with van der Waals surface area (Å²) in [6.45, 7) is 1.45. The minimum absolute atomic E-state index is 0.180. The van der Waals surface area contributed by atoms with Gasteiger partial charge in [-0.25, -0.2) is 0 Å². The Morgan fingerprint density at radius 3 is 2.71 bits per heavy atom. The summed E-state index contributed by atoms with van der Waals surface area (Å²) in [7, 11) is 2.11. The second kappa shape index (κ2) is 6.18. The van der Waals surface area contributed by atoms with Crippen LogP contribution in [0.5, 0.6) is 5.75 Å². The Morgan fingerprint density at radius 1 is 1.38 bits per heavy atom. The number of fused-ring (bicyclic) bond motifs is 1. The third-order valence-corrected chi connectivity index (χ3v) is 5.08. The number of ether oxygens (including phenoxy) is 1. The van der Waals surface area contributed by atoms with Crippen LogP contribution in [0.2, 0.25) is 0 Å². The molecule has 1 saturated carbocycles. The first-order valence-corrected chi connectivity index (χ1v) is 7.96. The Labute approximate surface area is 131 Å². The number of nitrogens with one attached hydrogen (secondary N) is 1. The van der Waals surface area contributed by atoms with Crippen molar-refractivity contribution in [2.24, 2.45) is 17.8 Å². The molecule has 0 bridgehead atoms. The molecule has 2 aliphatic rings. The van der Waals surface area contributed by atoms with E-state index in [0.717, 1.165) is 49.5 Å². The zero-order valence-electron chi connectivity index (χ0n) is 11.9.